The first-order valence-corrected chi connectivity index (χ1v) is 6.68. The molecule has 1 aromatic carbocycles. The summed E-state index contributed by atoms with van der Waals surface area (Å²) in [5.41, 5.74) is 7.10. The van der Waals surface area contributed by atoms with Crippen molar-refractivity contribution in [1.82, 2.24) is 4.98 Å². The Hall–Kier alpha value is -1.58. The molecule has 2 N–H and O–H groups in total. The number of para-hydroxylation sites is 1. The number of nitrogens with two attached hydrogens (primary N) is 1. The van der Waals surface area contributed by atoms with Gasteiger partial charge in [0.15, 0.2) is 0 Å². The Morgan fingerprint density at radius 3 is 2.84 bits per heavy atom. The molecule has 2 aromatic rings. The van der Waals surface area contributed by atoms with Crippen LogP contribution in [-0.2, 0) is 6.42 Å². The van der Waals surface area contributed by atoms with Crippen LogP contribution in [-0.4, -0.2) is 11.0 Å². The van der Waals surface area contributed by atoms with Crippen LogP contribution in [0, 0.1) is 0 Å². The molecule has 1 aromatic heterocycles. The van der Waals surface area contributed by atoms with Crippen molar-refractivity contribution in [3.05, 3.63) is 53.3 Å². The molecule has 4 heteroatoms. The Morgan fingerprint density at radius 1 is 1.32 bits per heavy atom. The van der Waals surface area contributed by atoms with Crippen LogP contribution in [0.25, 0.3) is 0 Å². The highest BCUT2D eigenvalue weighted by Crippen LogP contribution is 2.27. The number of halogens is 1. The van der Waals surface area contributed by atoms with E-state index in [-0.39, 0.29) is 6.04 Å². The molecule has 0 bridgehead atoms. The Balaban J connectivity index is 2.20. The van der Waals surface area contributed by atoms with Crippen LogP contribution >= 0.6 is 11.6 Å². The first-order chi connectivity index (χ1) is 9.19. The summed E-state index contributed by atoms with van der Waals surface area (Å²) < 4.78 is 5.83. The van der Waals surface area contributed by atoms with Crippen LogP contribution in [0.4, 0.5) is 0 Å². The zero-order valence-electron chi connectivity index (χ0n) is 10.8. The molecular formula is C15H17ClN2O. The summed E-state index contributed by atoms with van der Waals surface area (Å²) in [6.07, 6.45) is 4.95. The van der Waals surface area contributed by atoms with Crippen molar-refractivity contribution < 1.29 is 4.74 Å². The van der Waals surface area contributed by atoms with E-state index in [0.29, 0.717) is 10.8 Å². The van der Waals surface area contributed by atoms with Crippen LogP contribution in [0.5, 0.6) is 11.5 Å². The fraction of sp³-hybridized carbons (Fsp3) is 0.267. The Labute approximate surface area is 118 Å². The standard InChI is InChI=1S/C15H17ClN2O/c1-2-13(17)7-11-5-3-4-6-15(11)19-14-8-12(16)9-18-10-14/h3-6,8-10,13H,2,7,17H2,1H3. The number of rotatable bonds is 5. The quantitative estimate of drug-likeness (QED) is 0.903. The molecule has 0 saturated heterocycles. The molecule has 0 aliphatic carbocycles. The van der Waals surface area contributed by atoms with Gasteiger partial charge in [0.25, 0.3) is 0 Å². The zero-order valence-corrected chi connectivity index (χ0v) is 11.6. The largest absolute Gasteiger partial charge is 0.455 e. The van der Waals surface area contributed by atoms with Crippen molar-refractivity contribution in [2.75, 3.05) is 0 Å². The number of pyridine rings is 1. The highest BCUT2D eigenvalue weighted by Gasteiger charge is 2.08. The number of hydrogen-bond acceptors (Lipinski definition) is 3. The highest BCUT2D eigenvalue weighted by molar-refractivity contribution is 6.30. The van der Waals surface area contributed by atoms with Gasteiger partial charge in [-0.05, 0) is 24.5 Å². The molecule has 0 fully saturated rings. The van der Waals surface area contributed by atoms with Crippen molar-refractivity contribution in [1.29, 1.82) is 0 Å². The van der Waals surface area contributed by atoms with E-state index in [9.17, 15) is 0 Å². The van der Waals surface area contributed by atoms with Gasteiger partial charge in [0.1, 0.15) is 11.5 Å². The molecular weight excluding hydrogens is 260 g/mol. The molecule has 0 saturated carbocycles. The zero-order chi connectivity index (χ0) is 13.7. The van der Waals surface area contributed by atoms with Crippen molar-refractivity contribution in [2.45, 2.75) is 25.8 Å². The molecule has 1 heterocycles. The summed E-state index contributed by atoms with van der Waals surface area (Å²) in [5.74, 6) is 1.43. The fourth-order valence-electron chi connectivity index (χ4n) is 1.77. The first-order valence-electron chi connectivity index (χ1n) is 6.31. The van der Waals surface area contributed by atoms with Gasteiger partial charge in [-0.2, -0.15) is 0 Å². The van der Waals surface area contributed by atoms with Crippen LogP contribution < -0.4 is 10.5 Å². The molecule has 0 radical (unpaired) electrons. The maximum absolute atomic E-state index is 6.00. The molecule has 0 aliphatic heterocycles. The third-order valence-corrected chi connectivity index (χ3v) is 3.09. The van der Waals surface area contributed by atoms with Gasteiger partial charge in [0.2, 0.25) is 0 Å². The second-order valence-electron chi connectivity index (χ2n) is 4.42. The van der Waals surface area contributed by atoms with Gasteiger partial charge in [0, 0.05) is 18.3 Å². The number of nitrogens with zero attached hydrogens (tertiary/aromatic N) is 1. The normalized spacial score (nSPS) is 12.2. The van der Waals surface area contributed by atoms with Crippen LogP contribution in [0.15, 0.2) is 42.7 Å². The van der Waals surface area contributed by atoms with E-state index in [2.05, 4.69) is 11.9 Å². The summed E-state index contributed by atoms with van der Waals surface area (Å²) in [6, 6.07) is 9.77. The molecule has 1 atom stereocenters. The Morgan fingerprint density at radius 2 is 2.11 bits per heavy atom. The lowest BCUT2D eigenvalue weighted by atomic mass is 10.0. The van der Waals surface area contributed by atoms with E-state index in [1.54, 1.807) is 18.5 Å². The molecule has 1 unspecified atom stereocenters. The monoisotopic (exact) mass is 276 g/mol. The molecule has 0 amide bonds. The SMILES string of the molecule is CCC(N)Cc1ccccc1Oc1cncc(Cl)c1. The maximum Gasteiger partial charge on any atom is 0.147 e. The van der Waals surface area contributed by atoms with Gasteiger partial charge < -0.3 is 10.5 Å². The topological polar surface area (TPSA) is 48.1 Å². The average Bonchev–Trinajstić information content (AvgIpc) is 2.41. The fourth-order valence-corrected chi connectivity index (χ4v) is 1.94. The summed E-state index contributed by atoms with van der Waals surface area (Å²) in [4.78, 5) is 4.01. The second kappa shape index (κ2) is 6.55. The predicted octanol–water partition coefficient (Wildman–Crippen LogP) is 3.81. The Bertz CT molecular complexity index is 545. The maximum atomic E-state index is 6.00. The van der Waals surface area contributed by atoms with Gasteiger partial charge in [-0.1, -0.05) is 36.7 Å². The molecule has 0 aliphatic rings. The lowest BCUT2D eigenvalue weighted by molar-refractivity contribution is 0.470. The lowest BCUT2D eigenvalue weighted by Crippen LogP contribution is -2.21. The van der Waals surface area contributed by atoms with Gasteiger partial charge in [-0.15, -0.1) is 0 Å². The van der Waals surface area contributed by atoms with Crippen LogP contribution in [0.3, 0.4) is 0 Å². The number of hydrogen-bond donors (Lipinski definition) is 1. The van der Waals surface area contributed by atoms with Gasteiger partial charge in [0.05, 0.1) is 11.2 Å². The molecule has 2 rings (SSSR count). The summed E-state index contributed by atoms with van der Waals surface area (Å²) in [7, 11) is 0. The van der Waals surface area contributed by atoms with E-state index in [4.69, 9.17) is 22.1 Å². The smallest absolute Gasteiger partial charge is 0.147 e. The van der Waals surface area contributed by atoms with E-state index in [1.165, 1.54) is 0 Å². The van der Waals surface area contributed by atoms with Crippen LogP contribution in [0.1, 0.15) is 18.9 Å². The minimum atomic E-state index is 0.141. The molecule has 3 nitrogen and oxygen atoms in total. The minimum absolute atomic E-state index is 0.141. The van der Waals surface area contributed by atoms with Crippen molar-refractivity contribution in [2.24, 2.45) is 5.73 Å². The Kier molecular flexibility index (Phi) is 4.77. The number of ether oxygens (including phenoxy) is 1. The van der Waals surface area contributed by atoms with E-state index in [1.807, 2.05) is 24.3 Å². The highest BCUT2D eigenvalue weighted by atomic mass is 35.5. The van der Waals surface area contributed by atoms with Gasteiger partial charge in [-0.3, -0.25) is 4.98 Å². The number of aromatic nitrogens is 1. The van der Waals surface area contributed by atoms with Gasteiger partial charge in [-0.25, -0.2) is 0 Å². The van der Waals surface area contributed by atoms with E-state index in [0.717, 1.165) is 24.2 Å². The average molecular weight is 277 g/mol. The molecule has 100 valence electrons. The lowest BCUT2D eigenvalue weighted by Gasteiger charge is -2.14. The van der Waals surface area contributed by atoms with E-state index >= 15 is 0 Å². The first kappa shape index (κ1) is 13.8. The molecule has 0 spiro atoms. The van der Waals surface area contributed by atoms with Crippen molar-refractivity contribution in [3.63, 3.8) is 0 Å². The summed E-state index contributed by atoms with van der Waals surface area (Å²) >= 11 is 5.90. The minimum Gasteiger partial charge on any atom is -0.455 e. The predicted molar refractivity (Wildman–Crippen MR) is 77.7 cm³/mol. The summed E-state index contributed by atoms with van der Waals surface area (Å²) in [5, 5.41) is 0.556. The van der Waals surface area contributed by atoms with Crippen LogP contribution in [0.2, 0.25) is 5.02 Å². The van der Waals surface area contributed by atoms with Crippen molar-refractivity contribution >= 4 is 11.6 Å². The summed E-state index contributed by atoms with van der Waals surface area (Å²) in [6.45, 7) is 2.08. The van der Waals surface area contributed by atoms with Crippen molar-refractivity contribution in [3.8, 4) is 11.5 Å². The third-order valence-electron chi connectivity index (χ3n) is 2.89. The number of benzene rings is 1. The molecule has 19 heavy (non-hydrogen) atoms. The third kappa shape index (κ3) is 3.94. The second-order valence-corrected chi connectivity index (χ2v) is 4.86. The van der Waals surface area contributed by atoms with E-state index < -0.39 is 0 Å². The van der Waals surface area contributed by atoms with Gasteiger partial charge >= 0.3 is 0 Å².